The molecule has 1 aliphatic rings. The number of rotatable bonds is 5. The molecule has 28 heavy (non-hydrogen) atoms. The maximum absolute atomic E-state index is 12.8. The molecule has 1 saturated heterocycles. The van der Waals surface area contributed by atoms with E-state index in [1.54, 1.807) is 23.0 Å². The number of amides is 1. The molecule has 1 aliphatic heterocycles. The fraction of sp³-hybridized carbons (Fsp3) is 0.421. The smallest absolute Gasteiger partial charge is 0.284 e. The molecule has 0 saturated carbocycles. The Bertz CT molecular complexity index is 981. The molecule has 8 nitrogen and oxygen atoms in total. The SMILES string of the molecule is CCn1cc(C(=O)Nc2cccc(S(=O)(=O)/N=C3/CCCCCN3C)c2)cn1. The second-order valence-corrected chi connectivity index (χ2v) is 8.39. The Labute approximate surface area is 165 Å². The number of anilines is 1. The summed E-state index contributed by atoms with van der Waals surface area (Å²) in [6.45, 7) is 3.39. The number of hydrogen-bond donors (Lipinski definition) is 1. The van der Waals surface area contributed by atoms with Crippen molar-refractivity contribution in [3.63, 3.8) is 0 Å². The number of nitrogens with one attached hydrogen (secondary N) is 1. The van der Waals surface area contributed by atoms with Gasteiger partial charge in [0.05, 0.1) is 16.7 Å². The van der Waals surface area contributed by atoms with Crippen LogP contribution in [0.15, 0.2) is 46.0 Å². The summed E-state index contributed by atoms with van der Waals surface area (Å²) in [5, 5.41) is 6.79. The standard InChI is InChI=1S/C19H25N5O3S/c1-3-24-14-15(13-20-24)19(25)21-16-8-7-9-17(12-16)28(26,27)22-18-10-5-4-6-11-23(18)2/h7-9,12-14H,3-6,10-11H2,1-2H3,(H,21,25)/b22-18-. The minimum atomic E-state index is -3.85. The van der Waals surface area contributed by atoms with Crippen molar-refractivity contribution in [2.45, 2.75) is 44.0 Å². The van der Waals surface area contributed by atoms with E-state index in [2.05, 4.69) is 14.8 Å². The lowest BCUT2D eigenvalue weighted by molar-refractivity contribution is 0.102. The normalized spacial score (nSPS) is 16.8. The lowest BCUT2D eigenvalue weighted by atomic mass is 10.2. The summed E-state index contributed by atoms with van der Waals surface area (Å²) in [6.07, 6.45) is 6.80. The van der Waals surface area contributed by atoms with E-state index in [-0.39, 0.29) is 10.8 Å². The minimum Gasteiger partial charge on any atom is -0.362 e. The molecule has 1 amide bonds. The van der Waals surface area contributed by atoms with Crippen molar-refractivity contribution in [1.29, 1.82) is 0 Å². The van der Waals surface area contributed by atoms with Gasteiger partial charge in [-0.15, -0.1) is 4.40 Å². The Morgan fingerprint density at radius 2 is 2.11 bits per heavy atom. The van der Waals surface area contributed by atoms with E-state index in [0.29, 0.717) is 30.1 Å². The van der Waals surface area contributed by atoms with Gasteiger partial charge in [0.1, 0.15) is 5.84 Å². The van der Waals surface area contributed by atoms with Gasteiger partial charge in [0.25, 0.3) is 15.9 Å². The van der Waals surface area contributed by atoms with E-state index in [9.17, 15) is 13.2 Å². The van der Waals surface area contributed by atoms with Crippen LogP contribution >= 0.6 is 0 Å². The largest absolute Gasteiger partial charge is 0.362 e. The van der Waals surface area contributed by atoms with Gasteiger partial charge >= 0.3 is 0 Å². The summed E-state index contributed by atoms with van der Waals surface area (Å²) in [5.74, 6) is 0.239. The van der Waals surface area contributed by atoms with Gasteiger partial charge in [0, 0.05) is 38.4 Å². The molecule has 1 aromatic carbocycles. The monoisotopic (exact) mass is 403 g/mol. The Balaban J connectivity index is 1.80. The summed E-state index contributed by atoms with van der Waals surface area (Å²) in [6, 6.07) is 6.15. The van der Waals surface area contributed by atoms with Gasteiger partial charge < -0.3 is 10.2 Å². The van der Waals surface area contributed by atoms with Crippen molar-refractivity contribution in [1.82, 2.24) is 14.7 Å². The Hall–Kier alpha value is -2.68. The zero-order valence-corrected chi connectivity index (χ0v) is 16.9. The highest BCUT2D eigenvalue weighted by molar-refractivity contribution is 7.90. The van der Waals surface area contributed by atoms with Crippen LogP contribution in [0.1, 0.15) is 43.0 Å². The summed E-state index contributed by atoms with van der Waals surface area (Å²) in [4.78, 5) is 14.3. The topological polar surface area (TPSA) is 96.7 Å². The van der Waals surface area contributed by atoms with Gasteiger partial charge in [-0.2, -0.15) is 13.5 Å². The molecule has 0 spiro atoms. The first kappa shape index (κ1) is 20.1. The maximum Gasteiger partial charge on any atom is 0.284 e. The van der Waals surface area contributed by atoms with Crippen molar-refractivity contribution in [3.05, 3.63) is 42.2 Å². The zero-order valence-electron chi connectivity index (χ0n) is 16.1. The van der Waals surface area contributed by atoms with Crippen LogP contribution in [0.25, 0.3) is 0 Å². The van der Waals surface area contributed by atoms with E-state index < -0.39 is 10.0 Å². The van der Waals surface area contributed by atoms with Crippen LogP contribution in [-0.4, -0.2) is 48.4 Å². The summed E-state index contributed by atoms with van der Waals surface area (Å²) >= 11 is 0. The Morgan fingerprint density at radius 1 is 1.29 bits per heavy atom. The van der Waals surface area contributed by atoms with E-state index >= 15 is 0 Å². The number of benzene rings is 1. The van der Waals surface area contributed by atoms with E-state index in [0.717, 1.165) is 25.8 Å². The quantitative estimate of drug-likeness (QED) is 0.828. The lowest BCUT2D eigenvalue weighted by Gasteiger charge is -2.17. The van der Waals surface area contributed by atoms with Gasteiger partial charge in [-0.1, -0.05) is 12.5 Å². The van der Waals surface area contributed by atoms with Crippen molar-refractivity contribution < 1.29 is 13.2 Å². The van der Waals surface area contributed by atoms with Crippen molar-refractivity contribution >= 4 is 27.5 Å². The number of hydrogen-bond acceptors (Lipinski definition) is 4. The number of aryl methyl sites for hydroxylation is 1. The second-order valence-electron chi connectivity index (χ2n) is 6.78. The molecule has 0 atom stereocenters. The number of likely N-dealkylation sites (tertiary alicyclic amines) is 1. The summed E-state index contributed by atoms with van der Waals surface area (Å²) < 4.78 is 31.2. The molecule has 1 aromatic heterocycles. The van der Waals surface area contributed by atoms with Crippen LogP contribution < -0.4 is 5.32 Å². The number of carbonyl (C=O) groups is 1. The maximum atomic E-state index is 12.8. The fourth-order valence-corrected chi connectivity index (χ4v) is 4.17. The van der Waals surface area contributed by atoms with Gasteiger partial charge in [0.15, 0.2) is 0 Å². The van der Waals surface area contributed by atoms with Gasteiger partial charge in [-0.3, -0.25) is 9.48 Å². The molecule has 9 heteroatoms. The first-order chi connectivity index (χ1) is 13.4. The molecule has 0 unspecified atom stereocenters. The molecular formula is C19H25N5O3S. The van der Waals surface area contributed by atoms with Gasteiger partial charge in [-0.25, -0.2) is 0 Å². The minimum absolute atomic E-state index is 0.0553. The lowest BCUT2D eigenvalue weighted by Crippen LogP contribution is -2.26. The Kier molecular flexibility index (Phi) is 6.13. The van der Waals surface area contributed by atoms with E-state index in [1.165, 1.54) is 18.3 Å². The molecule has 150 valence electrons. The average Bonchev–Trinajstić information content (AvgIpc) is 3.08. The number of amidine groups is 1. The molecule has 1 fully saturated rings. The first-order valence-corrected chi connectivity index (χ1v) is 10.8. The first-order valence-electron chi connectivity index (χ1n) is 9.38. The van der Waals surface area contributed by atoms with Crippen LogP contribution in [-0.2, 0) is 16.6 Å². The van der Waals surface area contributed by atoms with E-state index in [1.807, 2.05) is 18.9 Å². The van der Waals surface area contributed by atoms with Crippen LogP contribution in [0.5, 0.6) is 0 Å². The summed E-state index contributed by atoms with van der Waals surface area (Å²) in [7, 11) is -1.99. The van der Waals surface area contributed by atoms with Crippen LogP contribution in [0, 0.1) is 0 Å². The van der Waals surface area contributed by atoms with Crippen molar-refractivity contribution in [3.8, 4) is 0 Å². The third-order valence-electron chi connectivity index (χ3n) is 4.67. The third kappa shape index (κ3) is 4.78. The number of sulfonamides is 1. The van der Waals surface area contributed by atoms with E-state index in [4.69, 9.17) is 0 Å². The van der Waals surface area contributed by atoms with Crippen molar-refractivity contribution in [2.24, 2.45) is 4.40 Å². The third-order valence-corrected chi connectivity index (χ3v) is 5.97. The molecule has 0 radical (unpaired) electrons. The molecule has 0 bridgehead atoms. The molecule has 1 N–H and O–H groups in total. The van der Waals surface area contributed by atoms with Gasteiger partial charge in [0.2, 0.25) is 0 Å². The molecule has 2 aromatic rings. The van der Waals surface area contributed by atoms with Crippen molar-refractivity contribution in [2.75, 3.05) is 18.9 Å². The van der Waals surface area contributed by atoms with Crippen LogP contribution in [0.4, 0.5) is 5.69 Å². The predicted octanol–water partition coefficient (Wildman–Crippen LogP) is 2.75. The van der Waals surface area contributed by atoms with Crippen LogP contribution in [0.2, 0.25) is 0 Å². The summed E-state index contributed by atoms with van der Waals surface area (Å²) in [5.41, 5.74) is 0.806. The highest BCUT2D eigenvalue weighted by Crippen LogP contribution is 2.20. The zero-order chi connectivity index (χ0) is 20.1. The van der Waals surface area contributed by atoms with Crippen LogP contribution in [0.3, 0.4) is 0 Å². The molecule has 3 rings (SSSR count). The molecule has 0 aliphatic carbocycles. The average molecular weight is 404 g/mol. The highest BCUT2D eigenvalue weighted by Gasteiger charge is 2.19. The predicted molar refractivity (Wildman–Crippen MR) is 108 cm³/mol. The Morgan fingerprint density at radius 3 is 2.86 bits per heavy atom. The second kappa shape index (κ2) is 8.55. The number of nitrogens with zero attached hydrogens (tertiary/aromatic N) is 4. The fourth-order valence-electron chi connectivity index (χ4n) is 3.03. The number of carbonyl (C=O) groups excluding carboxylic acids is 1. The molecular weight excluding hydrogens is 378 g/mol. The van der Waals surface area contributed by atoms with Gasteiger partial charge in [-0.05, 0) is 38.0 Å². The number of aromatic nitrogens is 2. The molecule has 2 heterocycles. The highest BCUT2D eigenvalue weighted by atomic mass is 32.2.